The minimum atomic E-state index is 0.261. The molecule has 0 amide bonds. The molecule has 0 aliphatic carbocycles. The highest BCUT2D eigenvalue weighted by Gasteiger charge is 2.10. The van der Waals surface area contributed by atoms with E-state index < -0.39 is 0 Å². The summed E-state index contributed by atoms with van der Waals surface area (Å²) in [7, 11) is 0. The Bertz CT molecular complexity index is 452. The molecular formula is C9H6BrClOS. The van der Waals surface area contributed by atoms with Gasteiger partial charge in [0.1, 0.15) is 5.75 Å². The average molecular weight is 278 g/mol. The molecule has 0 atom stereocenters. The topological polar surface area (TPSA) is 20.2 Å². The van der Waals surface area contributed by atoms with Crippen molar-refractivity contribution < 1.29 is 5.11 Å². The van der Waals surface area contributed by atoms with E-state index in [4.69, 9.17) is 11.6 Å². The van der Waals surface area contributed by atoms with Crippen LogP contribution in [0.3, 0.4) is 0 Å². The molecule has 1 heterocycles. The molecule has 0 spiro atoms. The Morgan fingerprint density at radius 2 is 2.31 bits per heavy atom. The van der Waals surface area contributed by atoms with E-state index in [9.17, 15) is 5.11 Å². The van der Waals surface area contributed by atoms with Crippen LogP contribution in [0, 0.1) is 0 Å². The van der Waals surface area contributed by atoms with Crippen molar-refractivity contribution in [1.82, 2.24) is 0 Å². The summed E-state index contributed by atoms with van der Waals surface area (Å²) in [6.45, 7) is 0. The molecule has 0 radical (unpaired) electrons. The molecule has 0 aliphatic rings. The number of phenols is 1. The van der Waals surface area contributed by atoms with Crippen molar-refractivity contribution in [3.63, 3.8) is 0 Å². The number of benzene rings is 1. The molecule has 13 heavy (non-hydrogen) atoms. The van der Waals surface area contributed by atoms with Crippen LogP contribution in [0.25, 0.3) is 10.1 Å². The van der Waals surface area contributed by atoms with Gasteiger partial charge in [-0.15, -0.1) is 22.9 Å². The fourth-order valence-corrected chi connectivity index (χ4v) is 3.25. The number of halogens is 2. The van der Waals surface area contributed by atoms with E-state index in [2.05, 4.69) is 15.9 Å². The summed E-state index contributed by atoms with van der Waals surface area (Å²) in [6.07, 6.45) is 0. The Kier molecular flexibility index (Phi) is 2.49. The molecule has 4 heteroatoms. The molecule has 0 bridgehead atoms. The number of hydrogen-bond acceptors (Lipinski definition) is 2. The first kappa shape index (κ1) is 9.31. The van der Waals surface area contributed by atoms with Crippen LogP contribution < -0.4 is 0 Å². The van der Waals surface area contributed by atoms with Gasteiger partial charge in [-0.1, -0.05) is 0 Å². The number of hydrogen-bond donors (Lipinski definition) is 1. The van der Waals surface area contributed by atoms with E-state index in [1.165, 1.54) is 0 Å². The number of aromatic hydroxyl groups is 1. The summed E-state index contributed by atoms with van der Waals surface area (Å²) >= 11 is 10.7. The Morgan fingerprint density at radius 1 is 1.54 bits per heavy atom. The molecule has 0 unspecified atom stereocenters. The SMILES string of the molecule is Oc1cc(Br)c2ccsc2c1CCl. The van der Waals surface area contributed by atoms with Gasteiger partial charge in [0.15, 0.2) is 0 Å². The standard InChI is InChI=1S/C9H6BrClOS/c10-7-3-8(12)6(4-11)9-5(7)1-2-13-9/h1-3,12H,4H2. The summed E-state index contributed by atoms with van der Waals surface area (Å²) < 4.78 is 1.97. The van der Waals surface area contributed by atoms with E-state index >= 15 is 0 Å². The van der Waals surface area contributed by atoms with Gasteiger partial charge in [-0.3, -0.25) is 0 Å². The van der Waals surface area contributed by atoms with Crippen LogP contribution in [0.4, 0.5) is 0 Å². The van der Waals surface area contributed by atoms with Gasteiger partial charge in [-0.25, -0.2) is 0 Å². The van der Waals surface area contributed by atoms with Crippen LogP contribution in [-0.4, -0.2) is 5.11 Å². The number of alkyl halides is 1. The summed E-state index contributed by atoms with van der Waals surface area (Å²) in [6, 6.07) is 3.70. The van der Waals surface area contributed by atoms with Gasteiger partial charge in [-0.2, -0.15) is 0 Å². The Labute approximate surface area is 93.1 Å². The summed E-state index contributed by atoms with van der Waals surface area (Å²) in [5.74, 6) is 0.604. The Morgan fingerprint density at radius 3 is 3.00 bits per heavy atom. The zero-order valence-electron chi connectivity index (χ0n) is 6.55. The van der Waals surface area contributed by atoms with Gasteiger partial charge in [-0.05, 0) is 33.4 Å². The third kappa shape index (κ3) is 1.45. The predicted molar refractivity (Wildman–Crippen MR) is 60.7 cm³/mol. The van der Waals surface area contributed by atoms with Crippen LogP contribution in [0.2, 0.25) is 0 Å². The van der Waals surface area contributed by atoms with Crippen molar-refractivity contribution in [2.24, 2.45) is 0 Å². The maximum absolute atomic E-state index is 9.60. The van der Waals surface area contributed by atoms with E-state index in [0.717, 1.165) is 20.1 Å². The Balaban J connectivity index is 2.88. The van der Waals surface area contributed by atoms with Crippen LogP contribution in [0.15, 0.2) is 22.0 Å². The van der Waals surface area contributed by atoms with Gasteiger partial charge >= 0.3 is 0 Å². The molecule has 1 aromatic heterocycles. The van der Waals surface area contributed by atoms with E-state index in [0.29, 0.717) is 5.88 Å². The van der Waals surface area contributed by atoms with E-state index in [-0.39, 0.29) is 5.75 Å². The summed E-state index contributed by atoms with van der Waals surface area (Å²) in [5, 5.41) is 12.7. The fraction of sp³-hybridized carbons (Fsp3) is 0.111. The van der Waals surface area contributed by atoms with Crippen molar-refractivity contribution >= 4 is 49.0 Å². The molecule has 0 aliphatic heterocycles. The van der Waals surface area contributed by atoms with Gasteiger partial charge in [0.05, 0.1) is 5.88 Å². The molecule has 0 fully saturated rings. The number of fused-ring (bicyclic) bond motifs is 1. The zero-order valence-corrected chi connectivity index (χ0v) is 9.71. The molecule has 0 saturated carbocycles. The van der Waals surface area contributed by atoms with Gasteiger partial charge in [0, 0.05) is 20.1 Å². The van der Waals surface area contributed by atoms with Crippen molar-refractivity contribution in [3.8, 4) is 5.75 Å². The lowest BCUT2D eigenvalue weighted by molar-refractivity contribution is 0.471. The van der Waals surface area contributed by atoms with Crippen LogP contribution in [-0.2, 0) is 5.88 Å². The average Bonchev–Trinajstić information content (AvgIpc) is 2.53. The zero-order chi connectivity index (χ0) is 9.42. The maximum atomic E-state index is 9.60. The first-order chi connectivity index (χ1) is 6.24. The molecule has 0 saturated heterocycles. The molecule has 2 aromatic rings. The minimum absolute atomic E-state index is 0.261. The third-order valence-electron chi connectivity index (χ3n) is 1.90. The van der Waals surface area contributed by atoms with Gasteiger partial charge < -0.3 is 5.11 Å². The molecule has 1 nitrogen and oxygen atoms in total. The number of phenolic OH excluding ortho intramolecular Hbond substituents is 1. The number of thiophene rings is 1. The predicted octanol–water partition coefficient (Wildman–Crippen LogP) is 4.11. The summed E-state index contributed by atoms with van der Waals surface area (Å²) in [4.78, 5) is 0. The lowest BCUT2D eigenvalue weighted by atomic mass is 10.2. The first-order valence-electron chi connectivity index (χ1n) is 3.67. The maximum Gasteiger partial charge on any atom is 0.122 e. The largest absolute Gasteiger partial charge is 0.508 e. The smallest absolute Gasteiger partial charge is 0.122 e. The molecule has 68 valence electrons. The van der Waals surface area contributed by atoms with Crippen LogP contribution in [0.1, 0.15) is 5.56 Å². The molecular weight excluding hydrogens is 272 g/mol. The van der Waals surface area contributed by atoms with Crippen molar-refractivity contribution in [2.45, 2.75) is 5.88 Å². The minimum Gasteiger partial charge on any atom is -0.508 e. The van der Waals surface area contributed by atoms with Crippen molar-refractivity contribution in [3.05, 3.63) is 27.5 Å². The fourth-order valence-electron chi connectivity index (χ4n) is 1.26. The van der Waals surface area contributed by atoms with E-state index in [1.807, 2.05) is 11.4 Å². The molecule has 1 N–H and O–H groups in total. The summed E-state index contributed by atoms with van der Waals surface area (Å²) in [5.41, 5.74) is 0.815. The highest BCUT2D eigenvalue weighted by molar-refractivity contribution is 9.10. The van der Waals surface area contributed by atoms with Crippen LogP contribution in [0.5, 0.6) is 5.75 Å². The van der Waals surface area contributed by atoms with Gasteiger partial charge in [0.2, 0.25) is 0 Å². The lowest BCUT2D eigenvalue weighted by Crippen LogP contribution is -1.80. The van der Waals surface area contributed by atoms with E-state index in [1.54, 1.807) is 17.4 Å². The molecule has 1 aromatic carbocycles. The lowest BCUT2D eigenvalue weighted by Gasteiger charge is -2.03. The van der Waals surface area contributed by atoms with Crippen molar-refractivity contribution in [2.75, 3.05) is 0 Å². The first-order valence-corrected chi connectivity index (χ1v) is 5.88. The molecule has 2 rings (SSSR count). The highest BCUT2D eigenvalue weighted by atomic mass is 79.9. The van der Waals surface area contributed by atoms with Gasteiger partial charge in [0.25, 0.3) is 0 Å². The normalized spacial score (nSPS) is 10.9. The Hall–Kier alpha value is -0.250. The monoisotopic (exact) mass is 276 g/mol. The highest BCUT2D eigenvalue weighted by Crippen LogP contribution is 2.37. The quantitative estimate of drug-likeness (QED) is 0.778. The van der Waals surface area contributed by atoms with Crippen molar-refractivity contribution in [1.29, 1.82) is 0 Å². The second-order valence-electron chi connectivity index (χ2n) is 2.65. The van der Waals surface area contributed by atoms with Crippen LogP contribution >= 0.6 is 38.9 Å². The number of rotatable bonds is 1. The second-order valence-corrected chi connectivity index (χ2v) is 4.69. The second kappa shape index (κ2) is 3.48. The third-order valence-corrected chi connectivity index (χ3v) is 3.80.